The van der Waals surface area contributed by atoms with Gasteiger partial charge in [0.2, 0.25) is 0 Å². The molecule has 0 atom stereocenters. The summed E-state index contributed by atoms with van der Waals surface area (Å²) in [6.45, 7) is 3.78. The van der Waals surface area contributed by atoms with Crippen LogP contribution >= 0.6 is 27.5 Å². The molecule has 0 saturated carbocycles. The molecule has 0 aromatic heterocycles. The van der Waals surface area contributed by atoms with Gasteiger partial charge in [0.1, 0.15) is 5.75 Å². The highest BCUT2D eigenvalue weighted by molar-refractivity contribution is 9.10. The van der Waals surface area contributed by atoms with E-state index in [1.165, 1.54) is 6.07 Å². The molecule has 0 bridgehead atoms. The molecule has 0 radical (unpaired) electrons. The van der Waals surface area contributed by atoms with Crippen LogP contribution in [0.2, 0.25) is 5.02 Å². The smallest absolute Gasteiger partial charge is 0.196 e. The highest BCUT2D eigenvalue weighted by Crippen LogP contribution is 2.29. The molecule has 0 aliphatic heterocycles. The zero-order chi connectivity index (χ0) is 15.6. The Bertz CT molecular complexity index is 686. The molecule has 5 heteroatoms. The van der Waals surface area contributed by atoms with Crippen LogP contribution in [0.5, 0.6) is 5.75 Å². The first-order chi connectivity index (χ1) is 9.90. The fourth-order valence-electron chi connectivity index (χ4n) is 1.84. The summed E-state index contributed by atoms with van der Waals surface area (Å²) < 4.78 is 20.0. The van der Waals surface area contributed by atoms with Crippen molar-refractivity contribution in [1.29, 1.82) is 0 Å². The number of hydrogen-bond acceptors (Lipinski definition) is 2. The Hall–Kier alpha value is -1.39. The number of carbonyl (C=O) groups excluding carboxylic acids is 1. The van der Waals surface area contributed by atoms with E-state index >= 15 is 0 Å². The Labute approximate surface area is 136 Å². The van der Waals surface area contributed by atoms with Crippen LogP contribution in [0.4, 0.5) is 4.39 Å². The van der Waals surface area contributed by atoms with E-state index < -0.39 is 11.6 Å². The van der Waals surface area contributed by atoms with Gasteiger partial charge in [-0.25, -0.2) is 4.39 Å². The first-order valence-corrected chi connectivity index (χ1v) is 7.52. The Morgan fingerprint density at radius 3 is 2.67 bits per heavy atom. The van der Waals surface area contributed by atoms with Crippen LogP contribution in [-0.4, -0.2) is 11.9 Å². The summed E-state index contributed by atoms with van der Waals surface area (Å²) in [5, 5.41) is -0.101. The monoisotopic (exact) mass is 370 g/mol. The number of ketones is 1. The summed E-state index contributed by atoms with van der Waals surface area (Å²) in [5.74, 6) is -0.596. The van der Waals surface area contributed by atoms with Gasteiger partial charge in [-0.2, -0.15) is 0 Å². The van der Waals surface area contributed by atoms with Gasteiger partial charge in [0.15, 0.2) is 11.6 Å². The summed E-state index contributed by atoms with van der Waals surface area (Å²) in [4.78, 5) is 12.4. The van der Waals surface area contributed by atoms with Crippen LogP contribution in [0.3, 0.4) is 0 Å². The van der Waals surface area contributed by atoms with Gasteiger partial charge in [-0.05, 0) is 54.0 Å². The van der Waals surface area contributed by atoms with Crippen LogP contribution in [0.25, 0.3) is 0 Å². The second kappa shape index (κ2) is 6.58. The van der Waals surface area contributed by atoms with E-state index in [4.69, 9.17) is 16.3 Å². The maximum absolute atomic E-state index is 14.1. The Morgan fingerprint density at radius 1 is 1.29 bits per heavy atom. The lowest BCUT2D eigenvalue weighted by atomic mass is 10.0. The first-order valence-electron chi connectivity index (χ1n) is 6.35. The maximum atomic E-state index is 14.1. The van der Waals surface area contributed by atoms with Crippen molar-refractivity contribution in [3.63, 3.8) is 0 Å². The number of halogens is 3. The predicted molar refractivity (Wildman–Crippen MR) is 84.7 cm³/mol. The minimum absolute atomic E-state index is 0.00536. The molecule has 0 aliphatic rings. The average Bonchev–Trinajstić information content (AvgIpc) is 2.44. The molecule has 0 unspecified atom stereocenters. The summed E-state index contributed by atoms with van der Waals surface area (Å²) >= 11 is 8.94. The third-order valence-corrected chi connectivity index (χ3v) is 4.01. The zero-order valence-electron chi connectivity index (χ0n) is 11.5. The molecule has 110 valence electrons. The molecule has 21 heavy (non-hydrogen) atoms. The van der Waals surface area contributed by atoms with Gasteiger partial charge < -0.3 is 4.74 Å². The molecule has 2 aromatic rings. The molecule has 0 spiro atoms. The second-order valence-corrected chi connectivity index (χ2v) is 5.98. The van der Waals surface area contributed by atoms with E-state index in [-0.39, 0.29) is 16.7 Å². The van der Waals surface area contributed by atoms with Crippen LogP contribution in [-0.2, 0) is 0 Å². The summed E-state index contributed by atoms with van der Waals surface area (Å²) in [6.07, 6.45) is -0.00536. The van der Waals surface area contributed by atoms with Gasteiger partial charge >= 0.3 is 0 Å². The highest BCUT2D eigenvalue weighted by Gasteiger charge is 2.18. The van der Waals surface area contributed by atoms with Crippen molar-refractivity contribution in [3.8, 4) is 5.75 Å². The first kappa shape index (κ1) is 16.0. The normalized spacial score (nSPS) is 10.8. The minimum Gasteiger partial charge on any atom is -0.491 e. The zero-order valence-corrected chi connectivity index (χ0v) is 13.8. The van der Waals surface area contributed by atoms with Crippen LogP contribution in [0, 0.1) is 5.82 Å². The lowest BCUT2D eigenvalue weighted by Crippen LogP contribution is -2.08. The number of carbonyl (C=O) groups is 1. The van der Waals surface area contributed by atoms with Gasteiger partial charge in [-0.1, -0.05) is 23.7 Å². The van der Waals surface area contributed by atoms with E-state index in [1.807, 2.05) is 13.8 Å². The number of rotatable bonds is 4. The van der Waals surface area contributed by atoms with Crippen LogP contribution in [0.1, 0.15) is 29.8 Å². The van der Waals surface area contributed by atoms with Crippen molar-refractivity contribution >= 4 is 33.3 Å². The quantitative estimate of drug-likeness (QED) is 0.541. The lowest BCUT2D eigenvalue weighted by molar-refractivity contribution is 0.103. The third-order valence-electron chi connectivity index (χ3n) is 2.75. The van der Waals surface area contributed by atoms with Crippen molar-refractivity contribution in [2.45, 2.75) is 20.0 Å². The SMILES string of the molecule is CC(C)Oc1cccc(C(=O)c2ccc(Br)c(Cl)c2F)c1. The van der Waals surface area contributed by atoms with Crippen molar-refractivity contribution in [2.24, 2.45) is 0 Å². The molecule has 0 saturated heterocycles. The maximum Gasteiger partial charge on any atom is 0.196 e. The Balaban J connectivity index is 2.39. The predicted octanol–water partition coefficient (Wildman–Crippen LogP) is 5.26. The average molecular weight is 372 g/mol. The number of benzene rings is 2. The molecule has 2 nitrogen and oxygen atoms in total. The van der Waals surface area contributed by atoms with E-state index in [0.717, 1.165) is 0 Å². The molecule has 0 heterocycles. The number of hydrogen-bond donors (Lipinski definition) is 0. The van der Waals surface area contributed by atoms with Gasteiger partial charge in [0.05, 0.1) is 16.7 Å². The standard InChI is InChI=1S/C16H13BrClFO2/c1-9(2)21-11-5-3-4-10(8-11)16(20)12-6-7-13(17)14(18)15(12)19/h3-9H,1-2H3. The lowest BCUT2D eigenvalue weighted by Gasteiger charge is -2.11. The van der Waals surface area contributed by atoms with Gasteiger partial charge in [-0.3, -0.25) is 4.79 Å². The van der Waals surface area contributed by atoms with Crippen molar-refractivity contribution in [3.05, 3.63) is 62.8 Å². The third kappa shape index (κ3) is 3.63. The molecule has 0 N–H and O–H groups in total. The van der Waals surface area contributed by atoms with Crippen molar-refractivity contribution in [1.82, 2.24) is 0 Å². The molecule has 2 aromatic carbocycles. The highest BCUT2D eigenvalue weighted by atomic mass is 79.9. The van der Waals surface area contributed by atoms with Gasteiger partial charge in [-0.15, -0.1) is 0 Å². The molecule has 2 rings (SSSR count). The summed E-state index contributed by atoms with van der Waals surface area (Å²) in [7, 11) is 0. The van der Waals surface area contributed by atoms with Crippen molar-refractivity contribution in [2.75, 3.05) is 0 Å². The number of ether oxygens (including phenoxy) is 1. The Morgan fingerprint density at radius 2 is 2.00 bits per heavy atom. The fourth-order valence-corrected chi connectivity index (χ4v) is 2.31. The van der Waals surface area contributed by atoms with Crippen LogP contribution in [0.15, 0.2) is 40.9 Å². The minimum atomic E-state index is -0.730. The molecule has 0 fully saturated rings. The Kier molecular flexibility index (Phi) is 5.01. The molecular weight excluding hydrogens is 359 g/mol. The van der Waals surface area contributed by atoms with Gasteiger partial charge in [0, 0.05) is 10.0 Å². The van der Waals surface area contributed by atoms with Gasteiger partial charge in [0.25, 0.3) is 0 Å². The fraction of sp³-hybridized carbons (Fsp3) is 0.188. The summed E-state index contributed by atoms with van der Waals surface area (Å²) in [5.41, 5.74) is 0.287. The van der Waals surface area contributed by atoms with E-state index in [9.17, 15) is 9.18 Å². The summed E-state index contributed by atoms with van der Waals surface area (Å²) in [6, 6.07) is 9.62. The van der Waals surface area contributed by atoms with E-state index in [2.05, 4.69) is 15.9 Å². The van der Waals surface area contributed by atoms with E-state index in [0.29, 0.717) is 15.8 Å². The second-order valence-electron chi connectivity index (χ2n) is 4.75. The molecular formula is C16H13BrClFO2. The largest absolute Gasteiger partial charge is 0.491 e. The molecule has 0 amide bonds. The van der Waals surface area contributed by atoms with Crippen LogP contribution < -0.4 is 4.74 Å². The van der Waals surface area contributed by atoms with E-state index in [1.54, 1.807) is 30.3 Å². The molecule has 0 aliphatic carbocycles. The topological polar surface area (TPSA) is 26.3 Å². The van der Waals surface area contributed by atoms with Crippen molar-refractivity contribution < 1.29 is 13.9 Å².